The molecule has 1 N–H and O–H groups in total. The van der Waals surface area contributed by atoms with Crippen LogP contribution in [0.5, 0.6) is 0 Å². The van der Waals surface area contributed by atoms with Gasteiger partial charge in [0.15, 0.2) is 0 Å². The van der Waals surface area contributed by atoms with Crippen LogP contribution in [0.3, 0.4) is 0 Å². The van der Waals surface area contributed by atoms with Crippen LogP contribution in [0.4, 0.5) is 0 Å². The van der Waals surface area contributed by atoms with Crippen LogP contribution in [0.2, 0.25) is 0 Å². The molecule has 1 saturated heterocycles. The molecule has 0 spiro atoms. The lowest BCUT2D eigenvalue weighted by Crippen LogP contribution is -2.38. The van der Waals surface area contributed by atoms with Crippen molar-refractivity contribution < 1.29 is 0 Å². The lowest BCUT2D eigenvalue weighted by Gasteiger charge is -2.34. The standard InChI is InChI=1S/C10H21N/c1-4-9-5-6-11-7-10(9)8(2)3/h8-11H,4-7H2,1-3H3. The molecule has 2 atom stereocenters. The maximum absolute atomic E-state index is 3.48. The molecule has 1 rings (SSSR count). The van der Waals surface area contributed by atoms with Gasteiger partial charge in [0.05, 0.1) is 0 Å². The molecule has 66 valence electrons. The fourth-order valence-electron chi connectivity index (χ4n) is 2.22. The molecule has 1 fully saturated rings. The van der Waals surface area contributed by atoms with E-state index in [1.54, 1.807) is 0 Å². The van der Waals surface area contributed by atoms with Crippen LogP contribution in [0.1, 0.15) is 33.6 Å². The Balaban J connectivity index is 2.44. The van der Waals surface area contributed by atoms with Crippen LogP contribution in [-0.2, 0) is 0 Å². The molecule has 2 unspecified atom stereocenters. The van der Waals surface area contributed by atoms with Crippen molar-refractivity contribution in [3.8, 4) is 0 Å². The van der Waals surface area contributed by atoms with Gasteiger partial charge in [0.1, 0.15) is 0 Å². The molecule has 0 saturated carbocycles. The van der Waals surface area contributed by atoms with Crippen LogP contribution in [-0.4, -0.2) is 13.1 Å². The summed E-state index contributed by atoms with van der Waals surface area (Å²) >= 11 is 0. The summed E-state index contributed by atoms with van der Waals surface area (Å²) in [6.07, 6.45) is 2.75. The minimum atomic E-state index is 0.854. The Hall–Kier alpha value is -0.0400. The number of rotatable bonds is 2. The Kier molecular flexibility index (Phi) is 3.38. The summed E-state index contributed by atoms with van der Waals surface area (Å²) in [5.41, 5.74) is 0. The van der Waals surface area contributed by atoms with Crippen molar-refractivity contribution >= 4 is 0 Å². The van der Waals surface area contributed by atoms with Gasteiger partial charge in [-0.3, -0.25) is 0 Å². The summed E-state index contributed by atoms with van der Waals surface area (Å²) in [5.74, 6) is 2.76. The van der Waals surface area contributed by atoms with Crippen LogP contribution >= 0.6 is 0 Å². The van der Waals surface area contributed by atoms with E-state index in [9.17, 15) is 0 Å². The summed E-state index contributed by atoms with van der Waals surface area (Å²) < 4.78 is 0. The van der Waals surface area contributed by atoms with Crippen molar-refractivity contribution in [2.75, 3.05) is 13.1 Å². The first-order chi connectivity index (χ1) is 5.25. The zero-order chi connectivity index (χ0) is 8.27. The second-order valence-electron chi connectivity index (χ2n) is 4.07. The summed E-state index contributed by atoms with van der Waals surface area (Å²) in [4.78, 5) is 0. The zero-order valence-corrected chi connectivity index (χ0v) is 8.06. The summed E-state index contributed by atoms with van der Waals surface area (Å²) in [7, 11) is 0. The average Bonchev–Trinajstić information content (AvgIpc) is 2.04. The van der Waals surface area contributed by atoms with Gasteiger partial charge in [0, 0.05) is 0 Å². The lowest BCUT2D eigenvalue weighted by atomic mass is 9.78. The number of hydrogen-bond donors (Lipinski definition) is 1. The molecule has 0 aliphatic carbocycles. The van der Waals surface area contributed by atoms with E-state index in [4.69, 9.17) is 0 Å². The van der Waals surface area contributed by atoms with Crippen LogP contribution < -0.4 is 5.32 Å². The van der Waals surface area contributed by atoms with Gasteiger partial charge < -0.3 is 5.32 Å². The third-order valence-electron chi connectivity index (χ3n) is 3.06. The molecule has 0 amide bonds. The smallest absolute Gasteiger partial charge is 0.00154 e. The molecule has 0 aromatic rings. The van der Waals surface area contributed by atoms with Gasteiger partial charge >= 0.3 is 0 Å². The highest BCUT2D eigenvalue weighted by Gasteiger charge is 2.25. The van der Waals surface area contributed by atoms with E-state index >= 15 is 0 Å². The molecule has 0 aromatic carbocycles. The zero-order valence-electron chi connectivity index (χ0n) is 8.06. The fourth-order valence-corrected chi connectivity index (χ4v) is 2.22. The van der Waals surface area contributed by atoms with E-state index in [0.717, 1.165) is 17.8 Å². The number of piperidine rings is 1. The van der Waals surface area contributed by atoms with Gasteiger partial charge in [-0.15, -0.1) is 0 Å². The molecule has 0 radical (unpaired) electrons. The molecular formula is C10H21N. The second kappa shape index (κ2) is 4.10. The highest BCUT2D eigenvalue weighted by atomic mass is 14.9. The van der Waals surface area contributed by atoms with E-state index in [2.05, 4.69) is 26.1 Å². The van der Waals surface area contributed by atoms with Gasteiger partial charge in [-0.05, 0) is 37.3 Å². The maximum Gasteiger partial charge on any atom is -0.00154 e. The highest BCUT2D eigenvalue weighted by molar-refractivity contribution is 4.78. The SMILES string of the molecule is CCC1CCNCC1C(C)C. The van der Waals surface area contributed by atoms with Crippen molar-refractivity contribution in [1.82, 2.24) is 5.32 Å². The molecule has 1 nitrogen and oxygen atoms in total. The third kappa shape index (κ3) is 2.19. The predicted octanol–water partition coefficient (Wildman–Crippen LogP) is 2.28. The average molecular weight is 155 g/mol. The Morgan fingerprint density at radius 2 is 2.18 bits per heavy atom. The minimum absolute atomic E-state index is 0.854. The molecule has 1 heterocycles. The first-order valence-corrected chi connectivity index (χ1v) is 4.96. The van der Waals surface area contributed by atoms with Crippen molar-refractivity contribution in [1.29, 1.82) is 0 Å². The molecule has 1 heteroatoms. The Labute approximate surface area is 70.6 Å². The highest BCUT2D eigenvalue weighted by Crippen LogP contribution is 2.28. The Bertz CT molecular complexity index is 109. The second-order valence-corrected chi connectivity index (χ2v) is 4.07. The van der Waals surface area contributed by atoms with E-state index < -0.39 is 0 Å². The summed E-state index contributed by atoms with van der Waals surface area (Å²) in [6, 6.07) is 0. The summed E-state index contributed by atoms with van der Waals surface area (Å²) in [5, 5.41) is 3.48. The summed E-state index contributed by atoms with van der Waals surface area (Å²) in [6.45, 7) is 9.50. The van der Waals surface area contributed by atoms with Gasteiger partial charge in [-0.25, -0.2) is 0 Å². The predicted molar refractivity (Wildman–Crippen MR) is 49.6 cm³/mol. The monoisotopic (exact) mass is 155 g/mol. The lowest BCUT2D eigenvalue weighted by molar-refractivity contribution is 0.191. The topological polar surface area (TPSA) is 12.0 Å². The van der Waals surface area contributed by atoms with E-state index in [1.807, 2.05) is 0 Å². The normalized spacial score (nSPS) is 32.7. The minimum Gasteiger partial charge on any atom is -0.316 e. The van der Waals surface area contributed by atoms with Gasteiger partial charge in [0.25, 0.3) is 0 Å². The number of hydrogen-bond acceptors (Lipinski definition) is 1. The molecule has 0 bridgehead atoms. The first-order valence-electron chi connectivity index (χ1n) is 4.96. The Morgan fingerprint density at radius 1 is 1.45 bits per heavy atom. The van der Waals surface area contributed by atoms with Crippen molar-refractivity contribution in [3.63, 3.8) is 0 Å². The molecule has 11 heavy (non-hydrogen) atoms. The van der Waals surface area contributed by atoms with Crippen molar-refractivity contribution in [2.24, 2.45) is 17.8 Å². The van der Waals surface area contributed by atoms with E-state index in [0.29, 0.717) is 0 Å². The van der Waals surface area contributed by atoms with Gasteiger partial charge in [-0.1, -0.05) is 27.2 Å². The van der Waals surface area contributed by atoms with E-state index in [1.165, 1.54) is 25.9 Å². The van der Waals surface area contributed by atoms with E-state index in [-0.39, 0.29) is 0 Å². The third-order valence-corrected chi connectivity index (χ3v) is 3.06. The maximum atomic E-state index is 3.48. The molecule has 0 aromatic heterocycles. The van der Waals surface area contributed by atoms with Gasteiger partial charge in [-0.2, -0.15) is 0 Å². The fraction of sp³-hybridized carbons (Fsp3) is 1.00. The Morgan fingerprint density at radius 3 is 2.64 bits per heavy atom. The van der Waals surface area contributed by atoms with Crippen LogP contribution in [0.25, 0.3) is 0 Å². The molecule has 1 aliphatic rings. The van der Waals surface area contributed by atoms with Crippen molar-refractivity contribution in [2.45, 2.75) is 33.6 Å². The van der Waals surface area contributed by atoms with Crippen LogP contribution in [0, 0.1) is 17.8 Å². The largest absolute Gasteiger partial charge is 0.316 e. The molecule has 1 aliphatic heterocycles. The van der Waals surface area contributed by atoms with Crippen molar-refractivity contribution in [3.05, 3.63) is 0 Å². The quantitative estimate of drug-likeness (QED) is 0.645. The number of nitrogens with one attached hydrogen (secondary N) is 1. The van der Waals surface area contributed by atoms with Gasteiger partial charge in [0.2, 0.25) is 0 Å². The first kappa shape index (κ1) is 9.05. The van der Waals surface area contributed by atoms with Crippen LogP contribution in [0.15, 0.2) is 0 Å². The molecular weight excluding hydrogens is 134 g/mol.